The van der Waals surface area contributed by atoms with E-state index in [0.29, 0.717) is 5.92 Å². The summed E-state index contributed by atoms with van der Waals surface area (Å²) in [6.07, 6.45) is 8.13. The van der Waals surface area contributed by atoms with Crippen LogP contribution >= 0.6 is 0 Å². The average molecular weight is 238 g/mol. The Morgan fingerprint density at radius 3 is 2.76 bits per heavy atom. The molecule has 0 heterocycles. The third-order valence-corrected chi connectivity index (χ3v) is 5.16. The number of aliphatic hydroxyl groups is 2. The van der Waals surface area contributed by atoms with E-state index in [1.54, 1.807) is 0 Å². The van der Waals surface area contributed by atoms with E-state index in [1.807, 2.05) is 13.8 Å². The van der Waals surface area contributed by atoms with Gasteiger partial charge in [0.05, 0.1) is 11.7 Å². The second kappa shape index (κ2) is 4.40. The first-order valence-corrected chi connectivity index (χ1v) is 6.95. The van der Waals surface area contributed by atoms with Gasteiger partial charge in [-0.15, -0.1) is 0 Å². The molecule has 0 aromatic rings. The minimum atomic E-state index is -0.556. The maximum atomic E-state index is 10.7. The first kappa shape index (κ1) is 13.1. The second-order valence-electron chi connectivity index (χ2n) is 6.48. The van der Waals surface area contributed by atoms with E-state index in [9.17, 15) is 10.2 Å². The van der Waals surface area contributed by atoms with Gasteiger partial charge in [0, 0.05) is 5.41 Å². The molecule has 0 amide bonds. The predicted molar refractivity (Wildman–Crippen MR) is 69.7 cm³/mol. The van der Waals surface area contributed by atoms with Crippen LogP contribution in [-0.2, 0) is 0 Å². The zero-order chi connectivity index (χ0) is 12.7. The molecule has 0 aromatic heterocycles. The lowest BCUT2D eigenvalue weighted by molar-refractivity contribution is -0.0614. The van der Waals surface area contributed by atoms with Crippen LogP contribution in [0.4, 0.5) is 0 Å². The van der Waals surface area contributed by atoms with Crippen molar-refractivity contribution in [1.29, 1.82) is 0 Å². The smallest absolute Gasteiger partial charge is 0.0715 e. The van der Waals surface area contributed by atoms with Crippen LogP contribution in [0.3, 0.4) is 0 Å². The van der Waals surface area contributed by atoms with Crippen LogP contribution in [0.2, 0.25) is 0 Å². The first-order valence-electron chi connectivity index (χ1n) is 6.95. The lowest BCUT2D eigenvalue weighted by Crippen LogP contribution is -2.47. The molecule has 1 spiro atoms. The van der Waals surface area contributed by atoms with Gasteiger partial charge in [-0.3, -0.25) is 0 Å². The fourth-order valence-electron chi connectivity index (χ4n) is 4.11. The quantitative estimate of drug-likeness (QED) is 0.726. The van der Waals surface area contributed by atoms with Crippen LogP contribution < -0.4 is 0 Å². The van der Waals surface area contributed by atoms with Crippen molar-refractivity contribution in [3.8, 4) is 0 Å². The van der Waals surface area contributed by atoms with Crippen molar-refractivity contribution in [3.63, 3.8) is 0 Å². The van der Waals surface area contributed by atoms with Gasteiger partial charge >= 0.3 is 0 Å². The monoisotopic (exact) mass is 238 g/mol. The van der Waals surface area contributed by atoms with E-state index < -0.39 is 5.60 Å². The van der Waals surface area contributed by atoms with Crippen molar-refractivity contribution in [1.82, 2.24) is 0 Å². The molecule has 2 aliphatic carbocycles. The third-order valence-electron chi connectivity index (χ3n) is 5.16. The molecule has 0 unspecified atom stereocenters. The molecule has 0 saturated heterocycles. The summed E-state index contributed by atoms with van der Waals surface area (Å²) in [7, 11) is 0. The molecule has 0 radical (unpaired) electrons. The van der Waals surface area contributed by atoms with Gasteiger partial charge in [0.2, 0.25) is 0 Å². The molecule has 0 bridgehead atoms. The molecule has 1 fully saturated rings. The Morgan fingerprint density at radius 2 is 2.18 bits per heavy atom. The van der Waals surface area contributed by atoms with E-state index in [-0.39, 0.29) is 11.5 Å². The lowest BCUT2D eigenvalue weighted by Gasteiger charge is -2.47. The Morgan fingerprint density at radius 1 is 1.47 bits per heavy atom. The Kier molecular flexibility index (Phi) is 3.39. The molecule has 0 aliphatic heterocycles. The highest BCUT2D eigenvalue weighted by Gasteiger charge is 2.53. The number of aliphatic hydroxyl groups excluding tert-OH is 1. The van der Waals surface area contributed by atoms with Crippen LogP contribution in [0, 0.1) is 11.3 Å². The highest BCUT2D eigenvalue weighted by molar-refractivity contribution is 5.24. The molecular formula is C15H26O2. The predicted octanol–water partition coefficient (Wildman–Crippen LogP) is 3.03. The zero-order valence-corrected chi connectivity index (χ0v) is 11.4. The van der Waals surface area contributed by atoms with Gasteiger partial charge in [-0.25, -0.2) is 0 Å². The van der Waals surface area contributed by atoms with Crippen molar-refractivity contribution in [2.75, 3.05) is 0 Å². The summed E-state index contributed by atoms with van der Waals surface area (Å²) in [6, 6.07) is 0. The summed E-state index contributed by atoms with van der Waals surface area (Å²) in [5.41, 5.74) is 0.811. The summed E-state index contributed by atoms with van der Waals surface area (Å²) in [5, 5.41) is 20.3. The van der Waals surface area contributed by atoms with Gasteiger partial charge in [0.15, 0.2) is 0 Å². The Hall–Kier alpha value is -0.340. The van der Waals surface area contributed by atoms with Gasteiger partial charge in [-0.2, -0.15) is 0 Å². The lowest BCUT2D eigenvalue weighted by atomic mass is 9.62. The SMILES string of the molecule is CC1=CCC[C@](C)(O)[C@@]12CC[C@@H](C[C@H](C)O)C2. The summed E-state index contributed by atoms with van der Waals surface area (Å²) in [5.74, 6) is 0.572. The summed E-state index contributed by atoms with van der Waals surface area (Å²) < 4.78 is 0. The molecule has 4 atom stereocenters. The minimum absolute atomic E-state index is 0.00912. The van der Waals surface area contributed by atoms with Crippen LogP contribution in [-0.4, -0.2) is 21.9 Å². The number of hydrogen-bond donors (Lipinski definition) is 2. The van der Waals surface area contributed by atoms with E-state index in [0.717, 1.165) is 38.5 Å². The maximum Gasteiger partial charge on any atom is 0.0715 e. The Bertz CT molecular complexity index is 317. The van der Waals surface area contributed by atoms with E-state index >= 15 is 0 Å². The van der Waals surface area contributed by atoms with Gasteiger partial charge in [0.25, 0.3) is 0 Å². The number of allylic oxidation sites excluding steroid dienone is 1. The fraction of sp³-hybridized carbons (Fsp3) is 0.867. The topological polar surface area (TPSA) is 40.5 Å². The van der Waals surface area contributed by atoms with Gasteiger partial charge in [-0.1, -0.05) is 11.6 Å². The molecular weight excluding hydrogens is 212 g/mol. The highest BCUT2D eigenvalue weighted by Crippen LogP contribution is 2.57. The molecule has 2 rings (SSSR count). The van der Waals surface area contributed by atoms with Crippen LogP contribution in [0.1, 0.15) is 59.3 Å². The maximum absolute atomic E-state index is 10.7. The molecule has 2 aliphatic rings. The largest absolute Gasteiger partial charge is 0.393 e. The van der Waals surface area contributed by atoms with E-state index in [1.165, 1.54) is 5.57 Å². The Balaban J connectivity index is 2.19. The molecule has 98 valence electrons. The normalized spacial score (nSPS) is 43.8. The zero-order valence-electron chi connectivity index (χ0n) is 11.4. The molecule has 2 N–H and O–H groups in total. The van der Waals surface area contributed by atoms with Crippen molar-refractivity contribution in [3.05, 3.63) is 11.6 Å². The van der Waals surface area contributed by atoms with Gasteiger partial charge in [0.1, 0.15) is 0 Å². The van der Waals surface area contributed by atoms with Crippen LogP contribution in [0.5, 0.6) is 0 Å². The van der Waals surface area contributed by atoms with Crippen molar-refractivity contribution < 1.29 is 10.2 Å². The summed E-state index contributed by atoms with van der Waals surface area (Å²) >= 11 is 0. The molecule has 2 heteroatoms. The van der Waals surface area contributed by atoms with Crippen molar-refractivity contribution in [2.45, 2.75) is 71.0 Å². The van der Waals surface area contributed by atoms with Gasteiger partial charge < -0.3 is 10.2 Å². The molecule has 17 heavy (non-hydrogen) atoms. The average Bonchev–Trinajstić information content (AvgIpc) is 2.60. The summed E-state index contributed by atoms with van der Waals surface area (Å²) in [6.45, 7) is 6.05. The second-order valence-corrected chi connectivity index (χ2v) is 6.48. The highest BCUT2D eigenvalue weighted by atomic mass is 16.3. The fourth-order valence-corrected chi connectivity index (χ4v) is 4.11. The standard InChI is InChI=1S/C15H26O2/c1-11-5-4-7-14(3,17)15(11)8-6-13(10-15)9-12(2)16/h5,12-13,16-17H,4,6-10H2,1-3H3/t12-,13-,14-,15+/m0/s1. The Labute approximate surface area is 105 Å². The van der Waals surface area contributed by atoms with Crippen molar-refractivity contribution >= 4 is 0 Å². The van der Waals surface area contributed by atoms with Crippen LogP contribution in [0.25, 0.3) is 0 Å². The van der Waals surface area contributed by atoms with E-state index in [2.05, 4.69) is 13.0 Å². The third kappa shape index (κ3) is 2.17. The molecule has 1 saturated carbocycles. The number of hydrogen-bond acceptors (Lipinski definition) is 2. The summed E-state index contributed by atoms with van der Waals surface area (Å²) in [4.78, 5) is 0. The van der Waals surface area contributed by atoms with Crippen LogP contribution in [0.15, 0.2) is 11.6 Å². The van der Waals surface area contributed by atoms with E-state index in [4.69, 9.17) is 0 Å². The number of rotatable bonds is 2. The molecule has 0 aromatic carbocycles. The molecule has 2 nitrogen and oxygen atoms in total. The van der Waals surface area contributed by atoms with Crippen molar-refractivity contribution in [2.24, 2.45) is 11.3 Å². The first-order chi connectivity index (χ1) is 7.87. The minimum Gasteiger partial charge on any atom is -0.393 e. The van der Waals surface area contributed by atoms with Gasteiger partial charge in [-0.05, 0) is 65.2 Å².